The largest absolute Gasteiger partial charge is 0.489 e. The van der Waals surface area contributed by atoms with Crippen molar-refractivity contribution in [3.63, 3.8) is 0 Å². The van der Waals surface area contributed by atoms with Crippen molar-refractivity contribution in [2.75, 3.05) is 0 Å². The third-order valence-corrected chi connectivity index (χ3v) is 8.50. The van der Waals surface area contributed by atoms with E-state index in [1.54, 1.807) is 18.2 Å². The third-order valence-electron chi connectivity index (χ3n) is 6.45. The molecule has 0 bridgehead atoms. The number of rotatable bonds is 8. The Kier molecular flexibility index (Phi) is 7.71. The molecule has 0 radical (unpaired) electrons. The van der Waals surface area contributed by atoms with Gasteiger partial charge in [0.15, 0.2) is 0 Å². The van der Waals surface area contributed by atoms with E-state index in [4.69, 9.17) is 27.9 Å². The molecule has 3 unspecified atom stereocenters. The molecule has 0 fully saturated rings. The Morgan fingerprint density at radius 3 is 2.51 bits per heavy atom. The number of hydrogen-bond acceptors (Lipinski definition) is 4. The van der Waals surface area contributed by atoms with Crippen LogP contribution in [-0.2, 0) is 27.8 Å². The number of halogens is 2. The summed E-state index contributed by atoms with van der Waals surface area (Å²) >= 11 is 12.1. The van der Waals surface area contributed by atoms with Gasteiger partial charge in [-0.2, -0.15) is 4.72 Å². The van der Waals surface area contributed by atoms with Crippen molar-refractivity contribution < 1.29 is 23.1 Å². The number of carboxylic acid groups (broad SMARTS) is 1. The number of aryl methyl sites for hydroxylation is 1. The molecule has 9 heteroatoms. The zero-order chi connectivity index (χ0) is 25.2. The van der Waals surface area contributed by atoms with Crippen LogP contribution < -0.4 is 9.46 Å². The lowest BCUT2D eigenvalue weighted by molar-refractivity contribution is -0.140. The smallest absolute Gasteiger partial charge is 0.322 e. The van der Waals surface area contributed by atoms with E-state index in [-0.39, 0.29) is 23.3 Å². The van der Waals surface area contributed by atoms with Crippen LogP contribution in [0.5, 0.6) is 5.75 Å². The van der Waals surface area contributed by atoms with E-state index in [1.807, 2.05) is 31.2 Å². The maximum Gasteiger partial charge on any atom is 0.322 e. The number of carboxylic acids is 1. The van der Waals surface area contributed by atoms with E-state index in [0.29, 0.717) is 28.6 Å². The molecule has 4 rings (SSSR count). The highest BCUT2D eigenvalue weighted by Gasteiger charge is 2.38. The molecule has 3 atom stereocenters. The van der Waals surface area contributed by atoms with Crippen molar-refractivity contribution in [3.8, 4) is 5.75 Å². The van der Waals surface area contributed by atoms with Gasteiger partial charge in [-0.05, 0) is 72.2 Å². The van der Waals surface area contributed by atoms with Gasteiger partial charge in [0.25, 0.3) is 0 Å². The quantitative estimate of drug-likeness (QED) is 0.389. The van der Waals surface area contributed by atoms with Gasteiger partial charge >= 0.3 is 5.97 Å². The molecule has 6 nitrogen and oxygen atoms in total. The number of ether oxygens (including phenoxy) is 1. The summed E-state index contributed by atoms with van der Waals surface area (Å²) in [6.45, 7) is 2.13. The molecule has 1 aliphatic rings. The third kappa shape index (κ3) is 5.81. The Morgan fingerprint density at radius 2 is 1.83 bits per heavy atom. The summed E-state index contributed by atoms with van der Waals surface area (Å²) < 4.78 is 34.3. The van der Waals surface area contributed by atoms with Crippen molar-refractivity contribution in [1.82, 2.24) is 4.72 Å². The maximum atomic E-state index is 13.1. The van der Waals surface area contributed by atoms with Crippen molar-refractivity contribution in [2.45, 2.75) is 43.2 Å². The highest BCUT2D eigenvalue weighted by molar-refractivity contribution is 7.89. The minimum absolute atomic E-state index is 0.0375. The molecule has 3 aromatic rings. The van der Waals surface area contributed by atoms with Crippen LogP contribution in [0, 0.1) is 5.92 Å². The normalized spacial score (nSPS) is 18.5. The predicted octanol–water partition coefficient (Wildman–Crippen LogP) is 5.67. The van der Waals surface area contributed by atoms with Crippen molar-refractivity contribution in [1.29, 1.82) is 0 Å². The zero-order valence-electron chi connectivity index (χ0n) is 18.9. The predicted molar refractivity (Wildman–Crippen MR) is 136 cm³/mol. The van der Waals surface area contributed by atoms with Crippen molar-refractivity contribution >= 4 is 39.2 Å². The summed E-state index contributed by atoms with van der Waals surface area (Å²) in [5, 5.41) is 10.9. The topological polar surface area (TPSA) is 92.7 Å². The Balaban J connectivity index is 1.47. The van der Waals surface area contributed by atoms with Gasteiger partial charge in [0, 0.05) is 15.6 Å². The number of benzene rings is 3. The van der Waals surface area contributed by atoms with Crippen LogP contribution in [0.3, 0.4) is 0 Å². The second-order valence-electron chi connectivity index (χ2n) is 8.62. The molecule has 0 saturated carbocycles. The first-order valence-electron chi connectivity index (χ1n) is 11.2. The Morgan fingerprint density at radius 1 is 1.11 bits per heavy atom. The zero-order valence-corrected chi connectivity index (χ0v) is 21.3. The number of fused-ring (bicyclic) bond motifs is 1. The van der Waals surface area contributed by atoms with E-state index < -0.39 is 22.0 Å². The van der Waals surface area contributed by atoms with Gasteiger partial charge in [-0.3, -0.25) is 4.79 Å². The second-order valence-corrected chi connectivity index (χ2v) is 11.2. The monoisotopic (exact) mass is 533 g/mol. The fraction of sp³-hybridized carbons (Fsp3) is 0.269. The summed E-state index contributed by atoms with van der Waals surface area (Å²) in [4.78, 5) is 12.1. The minimum atomic E-state index is -4.07. The summed E-state index contributed by atoms with van der Waals surface area (Å²) in [6.07, 6.45) is 1.29. The van der Waals surface area contributed by atoms with E-state index in [1.165, 1.54) is 29.8 Å². The first kappa shape index (κ1) is 25.5. The average Bonchev–Trinajstić information content (AvgIpc) is 2.83. The van der Waals surface area contributed by atoms with Crippen LogP contribution in [0.1, 0.15) is 36.0 Å². The molecule has 2 N–H and O–H groups in total. The molecular formula is C26H25Cl2NO5S. The Hall–Kier alpha value is -2.58. The van der Waals surface area contributed by atoms with E-state index in [9.17, 15) is 18.3 Å². The summed E-state index contributed by atoms with van der Waals surface area (Å²) in [6, 6.07) is 17.5. The van der Waals surface area contributed by atoms with Gasteiger partial charge in [-0.1, -0.05) is 60.5 Å². The van der Waals surface area contributed by atoms with Crippen LogP contribution in [0.2, 0.25) is 10.0 Å². The molecule has 0 heterocycles. The number of aliphatic carboxylic acids is 1. The molecular weight excluding hydrogens is 509 g/mol. The Bertz CT molecular complexity index is 1330. The van der Waals surface area contributed by atoms with Crippen LogP contribution in [-0.4, -0.2) is 25.5 Å². The fourth-order valence-corrected chi connectivity index (χ4v) is 6.24. The molecule has 35 heavy (non-hydrogen) atoms. The molecule has 0 aromatic heterocycles. The van der Waals surface area contributed by atoms with Gasteiger partial charge in [0.1, 0.15) is 18.4 Å². The molecule has 3 aromatic carbocycles. The fourth-order valence-electron chi connectivity index (χ4n) is 4.54. The van der Waals surface area contributed by atoms with E-state index >= 15 is 0 Å². The van der Waals surface area contributed by atoms with Crippen LogP contribution in [0.25, 0.3) is 0 Å². The standard InChI is InChI=1S/C26H25Cl2NO5S/c1-16-22-5-3-2-4-17(22)7-13-23(16)25(26(30)31)29-35(32,33)21-11-9-20(10-12-21)34-15-18-6-8-19(27)14-24(18)28/h2-6,8-12,14,16,23,25,29H,7,13,15H2,1H3,(H,30,31). The first-order valence-corrected chi connectivity index (χ1v) is 13.4. The van der Waals surface area contributed by atoms with Gasteiger partial charge < -0.3 is 9.84 Å². The summed E-state index contributed by atoms with van der Waals surface area (Å²) in [5.41, 5.74) is 2.98. The minimum Gasteiger partial charge on any atom is -0.489 e. The van der Waals surface area contributed by atoms with Crippen molar-refractivity contribution in [3.05, 3.63) is 93.5 Å². The summed E-state index contributed by atoms with van der Waals surface area (Å²) in [5.74, 6) is -1.21. The Labute approximate surface area is 214 Å². The SMILES string of the molecule is CC1c2ccccc2CCC1C(NS(=O)(=O)c1ccc(OCc2ccc(Cl)cc2Cl)cc1)C(=O)O. The molecule has 0 amide bonds. The molecule has 0 saturated heterocycles. The van der Waals surface area contributed by atoms with E-state index in [2.05, 4.69) is 4.72 Å². The van der Waals surface area contributed by atoms with Crippen LogP contribution in [0.4, 0.5) is 0 Å². The van der Waals surface area contributed by atoms with Gasteiger partial charge in [0.2, 0.25) is 10.0 Å². The summed E-state index contributed by atoms with van der Waals surface area (Å²) in [7, 11) is -4.07. The van der Waals surface area contributed by atoms with Crippen LogP contribution >= 0.6 is 23.2 Å². The van der Waals surface area contributed by atoms with Gasteiger partial charge in [-0.15, -0.1) is 0 Å². The van der Waals surface area contributed by atoms with Gasteiger partial charge in [0.05, 0.1) is 4.90 Å². The number of nitrogens with one attached hydrogen (secondary N) is 1. The highest BCUT2D eigenvalue weighted by atomic mass is 35.5. The van der Waals surface area contributed by atoms with Gasteiger partial charge in [-0.25, -0.2) is 8.42 Å². The average molecular weight is 534 g/mol. The first-order chi connectivity index (χ1) is 16.7. The second kappa shape index (κ2) is 10.6. The van der Waals surface area contributed by atoms with E-state index in [0.717, 1.165) is 11.1 Å². The molecule has 1 aliphatic carbocycles. The van der Waals surface area contributed by atoms with Crippen LogP contribution in [0.15, 0.2) is 71.6 Å². The number of sulfonamides is 1. The lowest BCUT2D eigenvalue weighted by Gasteiger charge is -2.35. The maximum absolute atomic E-state index is 13.1. The van der Waals surface area contributed by atoms with Crippen molar-refractivity contribution in [2.24, 2.45) is 5.92 Å². The molecule has 0 spiro atoms. The lowest BCUT2D eigenvalue weighted by atomic mass is 9.73. The number of carbonyl (C=O) groups is 1. The highest BCUT2D eigenvalue weighted by Crippen LogP contribution is 2.38. The lowest BCUT2D eigenvalue weighted by Crippen LogP contribution is -2.48. The molecule has 0 aliphatic heterocycles. The molecule has 184 valence electrons. The number of hydrogen-bond donors (Lipinski definition) is 2.